The Hall–Kier alpha value is -2.21. The number of amides is 1. The Bertz CT molecular complexity index is 558. The van der Waals surface area contributed by atoms with Crippen molar-refractivity contribution in [2.75, 3.05) is 0 Å². The monoisotopic (exact) mass is 274 g/mol. The molecule has 2 aliphatic rings. The molecule has 3 heterocycles. The van der Waals surface area contributed by atoms with Gasteiger partial charge in [0.25, 0.3) is 0 Å². The summed E-state index contributed by atoms with van der Waals surface area (Å²) in [6.45, 7) is 0.352. The number of hydrogen-bond acceptors (Lipinski definition) is 4. The van der Waals surface area contributed by atoms with Crippen LogP contribution in [0.5, 0.6) is 0 Å². The Kier molecular flexibility index (Phi) is 3.23. The summed E-state index contributed by atoms with van der Waals surface area (Å²) < 4.78 is 5.47. The zero-order valence-electron chi connectivity index (χ0n) is 10.6. The van der Waals surface area contributed by atoms with Gasteiger partial charge in [0.15, 0.2) is 0 Å². The predicted molar refractivity (Wildman–Crippen MR) is 68.5 cm³/mol. The Morgan fingerprint density at radius 1 is 1.20 bits per heavy atom. The maximum atomic E-state index is 12.2. The first-order chi connectivity index (χ1) is 9.66. The standard InChI is InChI=1S/C14H14N2O4/c17-13(16-7-8-3-5-15-6-4-8)11-9-1-2-10(20-9)12(11)14(18)19/h1-6,9-12H,7H2,(H,16,17)(H,18,19)/t9-,10+,11+,12-/m0/s1. The molecule has 1 aromatic heterocycles. The van der Waals surface area contributed by atoms with E-state index < -0.39 is 30.0 Å². The van der Waals surface area contributed by atoms with Crippen LogP contribution in [0.3, 0.4) is 0 Å². The predicted octanol–water partition coefficient (Wildman–Crippen LogP) is 0.352. The van der Waals surface area contributed by atoms with Gasteiger partial charge >= 0.3 is 5.97 Å². The number of carbonyl (C=O) groups is 2. The minimum Gasteiger partial charge on any atom is -0.481 e. The van der Waals surface area contributed by atoms with Crippen molar-refractivity contribution in [1.29, 1.82) is 0 Å². The molecule has 2 bridgehead atoms. The van der Waals surface area contributed by atoms with Crippen LogP contribution in [0.2, 0.25) is 0 Å². The van der Waals surface area contributed by atoms with E-state index in [1.54, 1.807) is 36.7 Å². The van der Waals surface area contributed by atoms with Gasteiger partial charge in [0.1, 0.15) is 5.92 Å². The summed E-state index contributed by atoms with van der Waals surface area (Å²) in [5.74, 6) is -2.75. The highest BCUT2D eigenvalue weighted by molar-refractivity contribution is 5.87. The Morgan fingerprint density at radius 3 is 2.50 bits per heavy atom. The molecule has 0 saturated carbocycles. The maximum Gasteiger partial charge on any atom is 0.310 e. The molecule has 20 heavy (non-hydrogen) atoms. The van der Waals surface area contributed by atoms with Crippen LogP contribution in [-0.4, -0.2) is 34.2 Å². The number of carbonyl (C=O) groups excluding carboxylic acids is 1. The van der Waals surface area contributed by atoms with E-state index in [-0.39, 0.29) is 5.91 Å². The van der Waals surface area contributed by atoms with Gasteiger partial charge in [-0.1, -0.05) is 12.2 Å². The first kappa shape index (κ1) is 12.8. The van der Waals surface area contributed by atoms with Crippen LogP contribution in [0, 0.1) is 11.8 Å². The van der Waals surface area contributed by atoms with Crippen LogP contribution >= 0.6 is 0 Å². The Morgan fingerprint density at radius 2 is 1.85 bits per heavy atom. The number of rotatable bonds is 4. The molecule has 0 spiro atoms. The molecule has 2 N–H and O–H groups in total. The average Bonchev–Trinajstić information content (AvgIpc) is 3.06. The number of aromatic nitrogens is 1. The summed E-state index contributed by atoms with van der Waals surface area (Å²) in [5, 5.41) is 12.0. The fourth-order valence-corrected chi connectivity index (χ4v) is 2.72. The summed E-state index contributed by atoms with van der Waals surface area (Å²) in [6, 6.07) is 3.60. The molecule has 0 aromatic carbocycles. The highest BCUT2D eigenvalue weighted by Gasteiger charge is 2.53. The molecule has 6 nitrogen and oxygen atoms in total. The lowest BCUT2D eigenvalue weighted by atomic mass is 9.82. The third-order valence-corrected chi connectivity index (χ3v) is 3.70. The molecule has 1 saturated heterocycles. The minimum absolute atomic E-state index is 0.286. The van der Waals surface area contributed by atoms with E-state index in [1.807, 2.05) is 0 Å². The minimum atomic E-state index is -0.995. The van der Waals surface area contributed by atoms with E-state index in [9.17, 15) is 14.7 Å². The van der Waals surface area contributed by atoms with Gasteiger partial charge in [-0.15, -0.1) is 0 Å². The molecule has 0 unspecified atom stereocenters. The topological polar surface area (TPSA) is 88.5 Å². The molecule has 2 aliphatic heterocycles. The summed E-state index contributed by atoms with van der Waals surface area (Å²) in [4.78, 5) is 27.4. The fraction of sp³-hybridized carbons (Fsp3) is 0.357. The largest absolute Gasteiger partial charge is 0.481 e. The van der Waals surface area contributed by atoms with E-state index >= 15 is 0 Å². The van der Waals surface area contributed by atoms with Crippen molar-refractivity contribution in [3.05, 3.63) is 42.2 Å². The summed E-state index contributed by atoms with van der Waals surface area (Å²) in [5.41, 5.74) is 0.917. The van der Waals surface area contributed by atoms with E-state index in [0.29, 0.717) is 6.54 Å². The molecular formula is C14H14N2O4. The first-order valence-electron chi connectivity index (χ1n) is 6.40. The molecule has 3 rings (SSSR count). The summed E-state index contributed by atoms with van der Waals surface area (Å²) in [7, 11) is 0. The molecule has 1 aromatic rings. The van der Waals surface area contributed by atoms with Crippen molar-refractivity contribution in [2.45, 2.75) is 18.8 Å². The van der Waals surface area contributed by atoms with E-state index in [2.05, 4.69) is 10.3 Å². The molecule has 0 aliphatic carbocycles. The number of pyridine rings is 1. The zero-order valence-corrected chi connectivity index (χ0v) is 10.6. The lowest BCUT2D eigenvalue weighted by Crippen LogP contribution is -2.42. The molecule has 6 heteroatoms. The second-order valence-corrected chi connectivity index (χ2v) is 4.91. The third-order valence-electron chi connectivity index (χ3n) is 3.70. The molecule has 4 atom stereocenters. The number of hydrogen-bond donors (Lipinski definition) is 2. The van der Waals surface area contributed by atoms with Crippen molar-refractivity contribution in [3.63, 3.8) is 0 Å². The number of carboxylic acid groups (broad SMARTS) is 1. The van der Waals surface area contributed by atoms with Crippen molar-refractivity contribution < 1.29 is 19.4 Å². The average molecular weight is 274 g/mol. The second kappa shape index (κ2) is 5.05. The van der Waals surface area contributed by atoms with E-state index in [4.69, 9.17) is 4.74 Å². The van der Waals surface area contributed by atoms with Gasteiger partial charge in [0.05, 0.1) is 18.1 Å². The number of carboxylic acids is 1. The van der Waals surface area contributed by atoms with Crippen LogP contribution in [0.4, 0.5) is 0 Å². The molecule has 0 radical (unpaired) electrons. The Balaban J connectivity index is 1.68. The van der Waals surface area contributed by atoms with Crippen LogP contribution in [-0.2, 0) is 20.9 Å². The lowest BCUT2D eigenvalue weighted by Gasteiger charge is -2.20. The normalized spacial score (nSPS) is 30.4. The van der Waals surface area contributed by atoms with Gasteiger partial charge in [-0.25, -0.2) is 0 Å². The van der Waals surface area contributed by atoms with Gasteiger partial charge in [-0.05, 0) is 17.7 Å². The van der Waals surface area contributed by atoms with Gasteiger partial charge < -0.3 is 15.2 Å². The zero-order chi connectivity index (χ0) is 14.1. The highest BCUT2D eigenvalue weighted by Crippen LogP contribution is 2.39. The first-order valence-corrected chi connectivity index (χ1v) is 6.40. The van der Waals surface area contributed by atoms with Crippen molar-refractivity contribution in [2.24, 2.45) is 11.8 Å². The number of ether oxygens (including phenoxy) is 1. The lowest BCUT2D eigenvalue weighted by molar-refractivity contribution is -0.146. The molecule has 1 fully saturated rings. The van der Waals surface area contributed by atoms with E-state index in [0.717, 1.165) is 5.56 Å². The SMILES string of the molecule is O=C(O)[C@@H]1[C@H](C(=O)NCc2ccncc2)[C@@H]2C=C[C@H]1O2. The van der Waals surface area contributed by atoms with Crippen molar-refractivity contribution in [3.8, 4) is 0 Å². The van der Waals surface area contributed by atoms with Gasteiger partial charge in [-0.3, -0.25) is 14.6 Å². The van der Waals surface area contributed by atoms with Gasteiger partial charge in [-0.2, -0.15) is 0 Å². The smallest absolute Gasteiger partial charge is 0.310 e. The number of nitrogens with zero attached hydrogens (tertiary/aromatic N) is 1. The third kappa shape index (κ3) is 2.18. The molecule has 104 valence electrons. The van der Waals surface area contributed by atoms with Crippen molar-refractivity contribution in [1.82, 2.24) is 10.3 Å². The van der Waals surface area contributed by atoms with Gasteiger partial charge in [0.2, 0.25) is 5.91 Å². The van der Waals surface area contributed by atoms with Crippen LogP contribution in [0.25, 0.3) is 0 Å². The van der Waals surface area contributed by atoms with Crippen LogP contribution < -0.4 is 5.32 Å². The number of aliphatic carboxylic acids is 1. The highest BCUT2D eigenvalue weighted by atomic mass is 16.5. The van der Waals surface area contributed by atoms with Gasteiger partial charge in [0, 0.05) is 18.9 Å². The maximum absolute atomic E-state index is 12.2. The summed E-state index contributed by atoms with van der Waals surface area (Å²) in [6.07, 6.45) is 5.85. The van der Waals surface area contributed by atoms with Crippen LogP contribution in [0.15, 0.2) is 36.7 Å². The Labute approximate surface area is 115 Å². The number of nitrogens with one attached hydrogen (secondary N) is 1. The fourth-order valence-electron chi connectivity index (χ4n) is 2.72. The molecule has 1 amide bonds. The quantitative estimate of drug-likeness (QED) is 0.773. The van der Waals surface area contributed by atoms with Crippen LogP contribution in [0.1, 0.15) is 5.56 Å². The summed E-state index contributed by atoms with van der Waals surface area (Å²) >= 11 is 0. The molecular weight excluding hydrogens is 260 g/mol. The second-order valence-electron chi connectivity index (χ2n) is 4.91. The number of fused-ring (bicyclic) bond motifs is 2. The van der Waals surface area contributed by atoms with Crippen molar-refractivity contribution >= 4 is 11.9 Å². The van der Waals surface area contributed by atoms with E-state index in [1.165, 1.54) is 0 Å².